The van der Waals surface area contributed by atoms with E-state index in [1.807, 2.05) is 0 Å². The molecule has 0 spiro atoms. The number of carbonyl (C=O) groups excluding carboxylic acids is 2. The molecular formula is C20H30O4. The predicted molar refractivity (Wildman–Crippen MR) is 95.0 cm³/mol. The maximum atomic E-state index is 11.2. The van der Waals surface area contributed by atoms with Crippen LogP contribution in [0.25, 0.3) is 0 Å². The molecule has 4 nitrogen and oxygen atoms in total. The fourth-order valence-electron chi connectivity index (χ4n) is 2.34. The summed E-state index contributed by atoms with van der Waals surface area (Å²) in [6.45, 7) is 0.149. The molecule has 0 amide bonds. The van der Waals surface area contributed by atoms with Crippen LogP contribution in [0.5, 0.6) is 0 Å². The van der Waals surface area contributed by atoms with E-state index in [4.69, 9.17) is 22.3 Å². The van der Waals surface area contributed by atoms with Gasteiger partial charge in [0.05, 0.1) is 0 Å². The van der Waals surface area contributed by atoms with Crippen molar-refractivity contribution in [3.05, 3.63) is 0 Å². The van der Waals surface area contributed by atoms with Gasteiger partial charge in [0.1, 0.15) is 0 Å². The summed E-state index contributed by atoms with van der Waals surface area (Å²) in [7, 11) is 0. The number of ether oxygens (including phenoxy) is 2. The SMILES string of the molecule is C#CCOC(=O)CCCCCCCCCCCCC(=O)OCC#C. The van der Waals surface area contributed by atoms with E-state index in [-0.39, 0.29) is 25.2 Å². The van der Waals surface area contributed by atoms with Crippen LogP contribution in [0.3, 0.4) is 0 Å². The second kappa shape index (κ2) is 17.4. The first-order valence-corrected chi connectivity index (χ1v) is 8.89. The number of esters is 2. The van der Waals surface area contributed by atoms with E-state index in [0.29, 0.717) is 12.8 Å². The van der Waals surface area contributed by atoms with Gasteiger partial charge in [0.2, 0.25) is 0 Å². The zero-order valence-electron chi connectivity index (χ0n) is 14.7. The summed E-state index contributed by atoms with van der Waals surface area (Å²) in [6.07, 6.45) is 22.0. The van der Waals surface area contributed by atoms with Crippen LogP contribution in [0, 0.1) is 24.7 Å². The minimum atomic E-state index is -0.198. The summed E-state index contributed by atoms with van der Waals surface area (Å²) in [5.74, 6) is 4.17. The van der Waals surface area contributed by atoms with Crippen molar-refractivity contribution in [3.8, 4) is 24.7 Å². The third-order valence-electron chi connectivity index (χ3n) is 3.64. The van der Waals surface area contributed by atoms with E-state index >= 15 is 0 Å². The zero-order chi connectivity index (χ0) is 17.9. The number of carbonyl (C=O) groups is 2. The third-order valence-corrected chi connectivity index (χ3v) is 3.64. The molecule has 0 saturated carbocycles. The van der Waals surface area contributed by atoms with Crippen LogP contribution in [0.1, 0.15) is 77.0 Å². The third kappa shape index (κ3) is 16.4. The Balaban J connectivity index is 3.18. The number of terminal acetylenes is 2. The van der Waals surface area contributed by atoms with Crippen LogP contribution in [-0.4, -0.2) is 25.2 Å². The van der Waals surface area contributed by atoms with E-state index < -0.39 is 0 Å². The van der Waals surface area contributed by atoms with Crippen LogP contribution in [0.15, 0.2) is 0 Å². The van der Waals surface area contributed by atoms with E-state index in [0.717, 1.165) is 38.5 Å². The van der Waals surface area contributed by atoms with Gasteiger partial charge in [-0.2, -0.15) is 0 Å². The Bertz CT molecular complexity index is 374. The van der Waals surface area contributed by atoms with Gasteiger partial charge in [0.15, 0.2) is 13.2 Å². The highest BCUT2D eigenvalue weighted by atomic mass is 16.5. The summed E-state index contributed by atoms with van der Waals surface area (Å²) in [6, 6.07) is 0. The minimum absolute atomic E-state index is 0.0743. The van der Waals surface area contributed by atoms with Crippen LogP contribution in [0.4, 0.5) is 0 Å². The molecule has 0 aliphatic heterocycles. The smallest absolute Gasteiger partial charge is 0.306 e. The van der Waals surface area contributed by atoms with Gasteiger partial charge in [-0.25, -0.2) is 0 Å². The topological polar surface area (TPSA) is 52.6 Å². The van der Waals surface area contributed by atoms with Gasteiger partial charge in [-0.1, -0.05) is 63.2 Å². The molecule has 0 atom stereocenters. The number of hydrogen-bond donors (Lipinski definition) is 0. The number of unbranched alkanes of at least 4 members (excludes halogenated alkanes) is 9. The fourth-order valence-corrected chi connectivity index (χ4v) is 2.34. The highest BCUT2D eigenvalue weighted by Gasteiger charge is 2.02. The standard InChI is InChI=1S/C20H30O4/c1-3-17-23-19(21)15-13-11-9-7-5-6-8-10-12-14-16-20(22)24-18-4-2/h1-2H,5-18H2. The van der Waals surface area contributed by atoms with Crippen LogP contribution in [-0.2, 0) is 19.1 Å². The Morgan fingerprint density at radius 3 is 1.17 bits per heavy atom. The van der Waals surface area contributed by atoms with Gasteiger partial charge in [-0.15, -0.1) is 12.8 Å². The highest BCUT2D eigenvalue weighted by molar-refractivity contribution is 5.69. The first kappa shape index (κ1) is 22.1. The first-order valence-electron chi connectivity index (χ1n) is 8.89. The van der Waals surface area contributed by atoms with Gasteiger partial charge in [-0.3, -0.25) is 9.59 Å². The Labute approximate surface area is 146 Å². The second-order valence-electron chi connectivity index (χ2n) is 5.77. The highest BCUT2D eigenvalue weighted by Crippen LogP contribution is 2.12. The molecule has 0 radical (unpaired) electrons. The lowest BCUT2D eigenvalue weighted by atomic mass is 10.1. The summed E-state index contributed by atoms with van der Waals surface area (Å²) in [4.78, 5) is 22.4. The lowest BCUT2D eigenvalue weighted by Gasteiger charge is -2.03. The number of hydrogen-bond acceptors (Lipinski definition) is 4. The quantitative estimate of drug-likeness (QED) is 0.258. The van der Waals surface area contributed by atoms with Crippen LogP contribution >= 0.6 is 0 Å². The second-order valence-corrected chi connectivity index (χ2v) is 5.77. The van der Waals surface area contributed by atoms with E-state index in [9.17, 15) is 9.59 Å². The molecule has 0 saturated heterocycles. The summed E-state index contributed by atoms with van der Waals surface area (Å²) < 4.78 is 9.61. The minimum Gasteiger partial charge on any atom is -0.452 e. The molecule has 24 heavy (non-hydrogen) atoms. The Morgan fingerprint density at radius 1 is 0.583 bits per heavy atom. The maximum Gasteiger partial charge on any atom is 0.306 e. The molecule has 0 aromatic carbocycles. The molecule has 0 aliphatic carbocycles. The molecule has 134 valence electrons. The molecule has 0 aliphatic rings. The van der Waals surface area contributed by atoms with Crippen molar-refractivity contribution in [3.63, 3.8) is 0 Å². The van der Waals surface area contributed by atoms with Crippen molar-refractivity contribution in [2.24, 2.45) is 0 Å². The van der Waals surface area contributed by atoms with Crippen molar-refractivity contribution in [2.75, 3.05) is 13.2 Å². The summed E-state index contributed by atoms with van der Waals surface area (Å²) >= 11 is 0. The van der Waals surface area contributed by atoms with Crippen molar-refractivity contribution in [1.82, 2.24) is 0 Å². The molecule has 0 bridgehead atoms. The Hall–Kier alpha value is -1.94. The van der Waals surface area contributed by atoms with Crippen molar-refractivity contribution in [2.45, 2.75) is 77.0 Å². The average molecular weight is 334 g/mol. The van der Waals surface area contributed by atoms with Gasteiger partial charge in [0, 0.05) is 12.8 Å². The molecular weight excluding hydrogens is 304 g/mol. The zero-order valence-corrected chi connectivity index (χ0v) is 14.7. The largest absolute Gasteiger partial charge is 0.452 e. The van der Waals surface area contributed by atoms with Gasteiger partial charge in [-0.05, 0) is 12.8 Å². The Kier molecular flexibility index (Phi) is 16.0. The van der Waals surface area contributed by atoms with Gasteiger partial charge < -0.3 is 9.47 Å². The lowest BCUT2D eigenvalue weighted by molar-refractivity contribution is -0.143. The molecule has 0 aromatic heterocycles. The lowest BCUT2D eigenvalue weighted by Crippen LogP contribution is -2.04. The molecule has 0 rings (SSSR count). The monoisotopic (exact) mass is 334 g/mol. The van der Waals surface area contributed by atoms with Crippen LogP contribution in [0.2, 0.25) is 0 Å². The number of rotatable bonds is 15. The molecule has 4 heteroatoms. The van der Waals surface area contributed by atoms with E-state index in [1.165, 1.54) is 25.7 Å². The van der Waals surface area contributed by atoms with Gasteiger partial charge in [0.25, 0.3) is 0 Å². The predicted octanol–water partition coefficient (Wildman–Crippen LogP) is 4.02. The van der Waals surface area contributed by atoms with Crippen molar-refractivity contribution in [1.29, 1.82) is 0 Å². The molecule has 0 heterocycles. The normalized spacial score (nSPS) is 9.75. The van der Waals surface area contributed by atoms with Crippen molar-refractivity contribution >= 4 is 11.9 Å². The van der Waals surface area contributed by atoms with E-state index in [2.05, 4.69) is 11.8 Å². The first-order chi connectivity index (χ1) is 11.7. The molecule has 0 fully saturated rings. The van der Waals surface area contributed by atoms with Gasteiger partial charge >= 0.3 is 11.9 Å². The average Bonchev–Trinajstić information content (AvgIpc) is 2.58. The van der Waals surface area contributed by atoms with Crippen molar-refractivity contribution < 1.29 is 19.1 Å². The van der Waals surface area contributed by atoms with E-state index in [1.54, 1.807) is 0 Å². The fraction of sp³-hybridized carbons (Fsp3) is 0.700. The summed E-state index contributed by atoms with van der Waals surface area (Å²) in [5, 5.41) is 0. The molecule has 0 aromatic rings. The summed E-state index contributed by atoms with van der Waals surface area (Å²) in [5.41, 5.74) is 0. The molecule has 0 unspecified atom stereocenters. The van der Waals surface area contributed by atoms with Crippen LogP contribution < -0.4 is 0 Å². The Morgan fingerprint density at radius 2 is 0.875 bits per heavy atom. The maximum absolute atomic E-state index is 11.2. The molecule has 0 N–H and O–H groups in total.